The summed E-state index contributed by atoms with van der Waals surface area (Å²) in [5.74, 6) is -0.128. The summed E-state index contributed by atoms with van der Waals surface area (Å²) in [4.78, 5) is 11.5. The molecular weight excluding hydrogens is 282 g/mol. The summed E-state index contributed by atoms with van der Waals surface area (Å²) < 4.78 is 31.6. The number of hydrogen-bond acceptors (Lipinski definition) is 5. The lowest BCUT2D eigenvalue weighted by atomic mass is 10.3. The van der Waals surface area contributed by atoms with Gasteiger partial charge in [0.1, 0.15) is 5.75 Å². The largest absolute Gasteiger partial charge is 0.495 e. The molecule has 8 heteroatoms. The Labute approximate surface area is 118 Å². The normalized spacial score (nSPS) is 12.8. The fraction of sp³-hybridized carbons (Fsp3) is 0.417. The lowest BCUT2D eigenvalue weighted by Crippen LogP contribution is -2.44. The third-order valence-corrected chi connectivity index (χ3v) is 4.13. The van der Waals surface area contributed by atoms with Gasteiger partial charge in [-0.05, 0) is 26.0 Å². The molecule has 20 heavy (non-hydrogen) atoms. The zero-order valence-corrected chi connectivity index (χ0v) is 12.5. The van der Waals surface area contributed by atoms with Gasteiger partial charge in [-0.1, -0.05) is 0 Å². The number of nitrogen functional groups attached to an aromatic ring is 1. The van der Waals surface area contributed by atoms with Crippen molar-refractivity contribution in [1.82, 2.24) is 10.0 Å². The van der Waals surface area contributed by atoms with E-state index in [9.17, 15) is 13.2 Å². The molecule has 4 N–H and O–H groups in total. The minimum Gasteiger partial charge on any atom is -0.495 e. The van der Waals surface area contributed by atoms with E-state index in [1.807, 2.05) is 0 Å². The number of nitrogens with one attached hydrogen (secondary N) is 2. The first kappa shape index (κ1) is 16.3. The van der Waals surface area contributed by atoms with Crippen LogP contribution < -0.4 is 20.5 Å². The van der Waals surface area contributed by atoms with Crippen LogP contribution in [0.5, 0.6) is 5.75 Å². The maximum atomic E-state index is 12.1. The molecule has 0 spiro atoms. The first-order valence-electron chi connectivity index (χ1n) is 6.05. The van der Waals surface area contributed by atoms with Crippen LogP contribution in [0.2, 0.25) is 0 Å². The Morgan fingerprint density at radius 1 is 1.45 bits per heavy atom. The Morgan fingerprint density at radius 3 is 2.65 bits per heavy atom. The van der Waals surface area contributed by atoms with Crippen molar-refractivity contribution in [3.8, 4) is 5.75 Å². The van der Waals surface area contributed by atoms with E-state index in [0.717, 1.165) is 0 Å². The molecule has 1 aromatic carbocycles. The average Bonchev–Trinajstić information content (AvgIpc) is 2.38. The molecule has 0 saturated carbocycles. The highest BCUT2D eigenvalue weighted by atomic mass is 32.2. The molecule has 1 rings (SSSR count). The number of nitrogens with two attached hydrogens (primary N) is 1. The zero-order chi connectivity index (χ0) is 15.3. The van der Waals surface area contributed by atoms with Crippen LogP contribution in [0.3, 0.4) is 0 Å². The Hall–Kier alpha value is -1.80. The first-order valence-corrected chi connectivity index (χ1v) is 7.53. The summed E-state index contributed by atoms with van der Waals surface area (Å²) in [6.07, 6.45) is 0. The lowest BCUT2D eigenvalue weighted by molar-refractivity contribution is -0.122. The van der Waals surface area contributed by atoms with E-state index in [1.54, 1.807) is 6.92 Å². The third kappa shape index (κ3) is 3.84. The number of anilines is 1. The van der Waals surface area contributed by atoms with E-state index < -0.39 is 22.0 Å². The summed E-state index contributed by atoms with van der Waals surface area (Å²) in [6.45, 7) is 3.65. The Morgan fingerprint density at radius 2 is 2.10 bits per heavy atom. The highest BCUT2D eigenvalue weighted by Gasteiger charge is 2.22. The van der Waals surface area contributed by atoms with E-state index in [0.29, 0.717) is 12.2 Å². The van der Waals surface area contributed by atoms with Crippen molar-refractivity contribution in [3.63, 3.8) is 0 Å². The van der Waals surface area contributed by atoms with Gasteiger partial charge in [0.05, 0.1) is 23.7 Å². The van der Waals surface area contributed by atoms with Gasteiger partial charge in [-0.2, -0.15) is 4.72 Å². The smallest absolute Gasteiger partial charge is 0.241 e. The van der Waals surface area contributed by atoms with Crippen LogP contribution in [-0.4, -0.2) is 34.0 Å². The molecule has 112 valence electrons. The number of ether oxygens (including phenoxy) is 1. The minimum absolute atomic E-state index is 0.0142. The Balaban J connectivity index is 2.97. The van der Waals surface area contributed by atoms with Crippen LogP contribution in [0.25, 0.3) is 0 Å². The fourth-order valence-corrected chi connectivity index (χ4v) is 2.76. The molecule has 0 radical (unpaired) electrons. The van der Waals surface area contributed by atoms with Crippen LogP contribution in [0.1, 0.15) is 13.8 Å². The molecule has 0 fully saturated rings. The molecule has 1 unspecified atom stereocenters. The molecule has 0 heterocycles. The van der Waals surface area contributed by atoms with Crippen molar-refractivity contribution >= 4 is 21.6 Å². The number of carbonyl (C=O) groups excluding carboxylic acids is 1. The molecule has 0 aliphatic rings. The standard InChI is InChI=1S/C12H19N3O4S/c1-4-14-12(16)8(2)15-20(17,18)9-5-6-10(13)11(7-9)19-3/h5-8,15H,4,13H2,1-3H3,(H,14,16). The van der Waals surface area contributed by atoms with E-state index in [4.69, 9.17) is 10.5 Å². The molecule has 1 aromatic rings. The van der Waals surface area contributed by atoms with E-state index >= 15 is 0 Å². The second kappa shape index (κ2) is 6.58. The monoisotopic (exact) mass is 301 g/mol. The van der Waals surface area contributed by atoms with Crippen molar-refractivity contribution in [2.45, 2.75) is 24.8 Å². The first-order chi connectivity index (χ1) is 9.31. The van der Waals surface area contributed by atoms with Crippen molar-refractivity contribution in [1.29, 1.82) is 0 Å². The highest BCUT2D eigenvalue weighted by molar-refractivity contribution is 7.89. The molecule has 1 atom stereocenters. The molecular formula is C12H19N3O4S. The minimum atomic E-state index is -3.82. The summed E-state index contributed by atoms with van der Waals surface area (Å²) in [6, 6.07) is 3.22. The number of likely N-dealkylation sites (N-methyl/N-ethyl adjacent to an activating group) is 1. The number of benzene rings is 1. The second-order valence-corrected chi connectivity index (χ2v) is 5.86. The molecule has 0 aromatic heterocycles. The lowest BCUT2D eigenvalue weighted by Gasteiger charge is -2.14. The van der Waals surface area contributed by atoms with Gasteiger partial charge < -0.3 is 15.8 Å². The molecule has 0 bridgehead atoms. The second-order valence-electron chi connectivity index (χ2n) is 4.14. The van der Waals surface area contributed by atoms with Crippen molar-refractivity contribution < 1.29 is 17.9 Å². The van der Waals surface area contributed by atoms with Crippen LogP contribution in [0.15, 0.2) is 23.1 Å². The van der Waals surface area contributed by atoms with Crippen molar-refractivity contribution in [3.05, 3.63) is 18.2 Å². The number of rotatable bonds is 6. The quantitative estimate of drug-likeness (QED) is 0.644. The van der Waals surface area contributed by atoms with Crippen molar-refractivity contribution in [2.24, 2.45) is 0 Å². The fourth-order valence-electron chi connectivity index (χ4n) is 1.54. The van der Waals surface area contributed by atoms with Crippen molar-refractivity contribution in [2.75, 3.05) is 19.4 Å². The number of carbonyl (C=O) groups is 1. The summed E-state index contributed by atoms with van der Waals surface area (Å²) >= 11 is 0. The average molecular weight is 301 g/mol. The number of methoxy groups -OCH3 is 1. The molecule has 1 amide bonds. The van der Waals surface area contributed by atoms with Gasteiger partial charge in [0, 0.05) is 12.6 Å². The van der Waals surface area contributed by atoms with E-state index in [-0.39, 0.29) is 10.6 Å². The topological polar surface area (TPSA) is 111 Å². The zero-order valence-electron chi connectivity index (χ0n) is 11.6. The van der Waals surface area contributed by atoms with Gasteiger partial charge in [-0.15, -0.1) is 0 Å². The summed E-state index contributed by atoms with van der Waals surface area (Å²) in [7, 11) is -2.42. The number of amides is 1. The van der Waals surface area contributed by atoms with Crippen LogP contribution in [0, 0.1) is 0 Å². The van der Waals surface area contributed by atoms with Gasteiger partial charge >= 0.3 is 0 Å². The third-order valence-electron chi connectivity index (χ3n) is 2.59. The molecule has 0 saturated heterocycles. The van der Waals surface area contributed by atoms with Gasteiger partial charge in [0.2, 0.25) is 15.9 Å². The van der Waals surface area contributed by atoms with E-state index in [1.165, 1.54) is 32.2 Å². The summed E-state index contributed by atoms with van der Waals surface area (Å²) in [5, 5.41) is 2.54. The van der Waals surface area contributed by atoms with Crippen LogP contribution in [-0.2, 0) is 14.8 Å². The Bertz CT molecular complexity index is 586. The predicted octanol–water partition coefficient (Wildman–Crippen LogP) is 0.0803. The molecule has 0 aliphatic heterocycles. The van der Waals surface area contributed by atoms with Crippen LogP contribution in [0.4, 0.5) is 5.69 Å². The van der Waals surface area contributed by atoms with Gasteiger partial charge in [0.15, 0.2) is 0 Å². The van der Waals surface area contributed by atoms with Crippen LogP contribution >= 0.6 is 0 Å². The maximum Gasteiger partial charge on any atom is 0.241 e. The predicted molar refractivity (Wildman–Crippen MR) is 75.9 cm³/mol. The summed E-state index contributed by atoms with van der Waals surface area (Å²) in [5.41, 5.74) is 5.96. The molecule has 7 nitrogen and oxygen atoms in total. The number of sulfonamides is 1. The Kier molecular flexibility index (Phi) is 5.34. The SMILES string of the molecule is CCNC(=O)C(C)NS(=O)(=O)c1ccc(N)c(OC)c1. The highest BCUT2D eigenvalue weighted by Crippen LogP contribution is 2.24. The van der Waals surface area contributed by atoms with Gasteiger partial charge in [0.25, 0.3) is 0 Å². The van der Waals surface area contributed by atoms with E-state index in [2.05, 4.69) is 10.0 Å². The van der Waals surface area contributed by atoms with Gasteiger partial charge in [-0.25, -0.2) is 8.42 Å². The molecule has 0 aliphatic carbocycles. The number of hydrogen-bond donors (Lipinski definition) is 3. The van der Waals surface area contributed by atoms with Gasteiger partial charge in [-0.3, -0.25) is 4.79 Å². The maximum absolute atomic E-state index is 12.1.